The molecule has 2 unspecified atom stereocenters. The number of aromatic nitrogens is 2. The van der Waals surface area contributed by atoms with E-state index in [1.54, 1.807) is 62.4 Å². The molecule has 0 aliphatic carbocycles. The third-order valence-corrected chi connectivity index (χ3v) is 7.99. The van der Waals surface area contributed by atoms with Crippen molar-refractivity contribution in [1.29, 1.82) is 5.26 Å². The minimum Gasteiger partial charge on any atom is -0.462 e. The number of fused-ring (bicyclic) bond motifs is 1. The molecule has 252 valence electrons. The van der Waals surface area contributed by atoms with Crippen LogP contribution >= 0.6 is 0 Å². The van der Waals surface area contributed by atoms with Gasteiger partial charge >= 0.3 is 12.0 Å². The molecule has 3 N–H and O–H groups in total. The summed E-state index contributed by atoms with van der Waals surface area (Å²) in [7, 11) is 0. The molecule has 2 atom stereocenters. The fourth-order valence-electron chi connectivity index (χ4n) is 5.03. The molecule has 5 aromatic rings. The zero-order valence-corrected chi connectivity index (χ0v) is 27.5. The Labute approximate surface area is 289 Å². The summed E-state index contributed by atoms with van der Waals surface area (Å²) in [5.74, 6) is 0.307. The van der Waals surface area contributed by atoms with E-state index in [0.29, 0.717) is 16.9 Å². The molecule has 0 bridgehead atoms. The molecule has 0 saturated carbocycles. The van der Waals surface area contributed by atoms with Gasteiger partial charge in [0.05, 0.1) is 28.7 Å². The van der Waals surface area contributed by atoms with Gasteiger partial charge in [-0.05, 0) is 79.6 Å². The van der Waals surface area contributed by atoms with Crippen molar-refractivity contribution in [1.82, 2.24) is 9.97 Å². The first kappa shape index (κ1) is 33.6. The highest BCUT2D eigenvalue weighted by Gasteiger charge is 2.31. The largest absolute Gasteiger partial charge is 0.462 e. The van der Waals surface area contributed by atoms with Gasteiger partial charge in [0, 0.05) is 12.5 Å². The van der Waals surface area contributed by atoms with Crippen LogP contribution in [-0.2, 0) is 27.0 Å². The molecule has 0 spiro atoms. The van der Waals surface area contributed by atoms with E-state index in [2.05, 4.69) is 26.7 Å². The topological polar surface area (TPSA) is 182 Å². The molecule has 14 heteroatoms. The lowest BCUT2D eigenvalue weighted by Crippen LogP contribution is -2.41. The summed E-state index contributed by atoms with van der Waals surface area (Å²) in [4.78, 5) is 35.1. The fourth-order valence-corrected chi connectivity index (χ4v) is 5.39. The summed E-state index contributed by atoms with van der Waals surface area (Å²) >= 11 is -2.13. The number of nitrogens with one attached hydrogen (secondary N) is 2. The first-order valence-electron chi connectivity index (χ1n) is 15.3. The summed E-state index contributed by atoms with van der Waals surface area (Å²) in [6.07, 6.45) is 0.208. The van der Waals surface area contributed by atoms with E-state index in [0.717, 1.165) is 5.56 Å². The Balaban J connectivity index is 1.38. The van der Waals surface area contributed by atoms with Gasteiger partial charge < -0.3 is 34.1 Å². The quantitative estimate of drug-likeness (QED) is 0.0978. The van der Waals surface area contributed by atoms with Gasteiger partial charge in [-0.2, -0.15) is 15.2 Å². The Kier molecular flexibility index (Phi) is 9.98. The molecular weight excluding hydrogens is 662 g/mol. The van der Waals surface area contributed by atoms with E-state index in [-0.39, 0.29) is 64.1 Å². The van der Waals surface area contributed by atoms with E-state index in [1.807, 2.05) is 18.2 Å². The number of benzene rings is 4. The first-order valence-corrected chi connectivity index (χ1v) is 16.4. The van der Waals surface area contributed by atoms with Crippen LogP contribution in [0.15, 0.2) is 95.9 Å². The molecule has 1 amide bonds. The summed E-state index contributed by atoms with van der Waals surface area (Å²) in [6.45, 7) is 3.68. The first-order chi connectivity index (χ1) is 24.2. The highest BCUT2D eigenvalue weighted by Crippen LogP contribution is 2.41. The highest BCUT2D eigenvalue weighted by molar-refractivity contribution is 7.79. The van der Waals surface area contributed by atoms with Crippen molar-refractivity contribution < 1.29 is 37.3 Å². The maximum absolute atomic E-state index is 13.4. The minimum atomic E-state index is -2.13. The number of carbonyl (C=O) groups is 2. The van der Waals surface area contributed by atoms with Crippen LogP contribution in [0.4, 0.5) is 11.5 Å². The highest BCUT2D eigenvalue weighted by atomic mass is 32.2. The Hall–Kier alpha value is -6.30. The second-order valence-corrected chi connectivity index (χ2v) is 11.9. The van der Waals surface area contributed by atoms with Crippen LogP contribution in [0, 0.1) is 18.3 Å². The molecule has 0 saturated heterocycles. The number of nitrogens with zero attached hydrogens (tertiary/aromatic N) is 3. The summed E-state index contributed by atoms with van der Waals surface area (Å²) < 4.78 is 44.3. The average Bonchev–Trinajstić information content (AvgIpc) is 3.10. The van der Waals surface area contributed by atoms with Crippen molar-refractivity contribution in [3.05, 3.63) is 113 Å². The number of hydrogen-bond donors (Lipinski definition) is 3. The number of aryl methyl sites for hydroxylation is 1. The van der Waals surface area contributed by atoms with E-state index in [4.69, 9.17) is 18.9 Å². The van der Waals surface area contributed by atoms with Crippen LogP contribution in [0.5, 0.6) is 34.9 Å². The number of nitriles is 1. The average molecular weight is 692 g/mol. The Morgan fingerprint density at radius 3 is 2.44 bits per heavy atom. The number of hydrogen-bond acceptors (Lipinski definition) is 11. The van der Waals surface area contributed by atoms with E-state index in [1.165, 1.54) is 24.3 Å². The number of amides is 1. The third-order valence-electron chi connectivity index (χ3n) is 7.32. The number of anilines is 2. The molecule has 6 rings (SSSR count). The third kappa shape index (κ3) is 7.87. The second-order valence-electron chi connectivity index (χ2n) is 11.0. The number of rotatable bonds is 11. The zero-order chi connectivity index (χ0) is 35.2. The van der Waals surface area contributed by atoms with Crippen molar-refractivity contribution in [3.8, 4) is 41.0 Å². The normalized spacial score (nSPS) is 13.9. The summed E-state index contributed by atoms with van der Waals surface area (Å²) in [5, 5.41) is 15.6. The van der Waals surface area contributed by atoms with E-state index in [9.17, 15) is 23.6 Å². The van der Waals surface area contributed by atoms with Crippen molar-refractivity contribution in [2.75, 3.05) is 17.2 Å². The smallest absolute Gasteiger partial charge is 0.338 e. The maximum atomic E-state index is 13.4. The second kappa shape index (κ2) is 14.9. The predicted molar refractivity (Wildman–Crippen MR) is 182 cm³/mol. The van der Waals surface area contributed by atoms with Gasteiger partial charge in [-0.15, -0.1) is 0 Å². The van der Waals surface area contributed by atoms with Gasteiger partial charge in [-0.25, -0.2) is 9.00 Å². The molecule has 1 aliphatic rings. The van der Waals surface area contributed by atoms with Crippen molar-refractivity contribution in [2.24, 2.45) is 0 Å². The van der Waals surface area contributed by atoms with Crippen LogP contribution in [0.25, 0.3) is 0 Å². The summed E-state index contributed by atoms with van der Waals surface area (Å²) in [6, 6.07) is 25.9. The van der Waals surface area contributed by atoms with Gasteiger partial charge in [0.2, 0.25) is 5.91 Å². The molecule has 4 aromatic carbocycles. The Morgan fingerprint density at radius 1 is 0.940 bits per heavy atom. The lowest BCUT2D eigenvalue weighted by Gasteiger charge is -2.27. The van der Waals surface area contributed by atoms with Crippen LogP contribution in [0.3, 0.4) is 0 Å². The van der Waals surface area contributed by atoms with Gasteiger partial charge in [0.1, 0.15) is 23.2 Å². The van der Waals surface area contributed by atoms with Gasteiger partial charge in [-0.3, -0.25) is 4.79 Å². The van der Waals surface area contributed by atoms with Crippen LogP contribution in [0.1, 0.15) is 34.0 Å². The Bertz CT molecular complexity index is 2140. The van der Waals surface area contributed by atoms with Gasteiger partial charge in [0.25, 0.3) is 5.88 Å². The molecule has 50 heavy (non-hydrogen) atoms. The number of carbonyl (C=O) groups excluding carboxylic acids is 2. The van der Waals surface area contributed by atoms with Crippen molar-refractivity contribution in [3.63, 3.8) is 0 Å². The van der Waals surface area contributed by atoms with Crippen molar-refractivity contribution in [2.45, 2.75) is 31.2 Å². The fraction of sp³-hybridized carbons (Fsp3) is 0.139. The number of para-hydroxylation sites is 1. The molecule has 0 radical (unpaired) electrons. The standard InChI is InChI=1S/C36H29N5O8S/c1-3-46-35(43)24-15-21(2)16-26(19-24)48-34-31-32(38-28(33(42)39-31)17-22-9-12-27(13-10-22)50(44)45)40-36(41-34)49-30-18-23(20-37)11-14-29(30)47-25-7-5-4-6-8-25/h4-16,18-19,28H,3,17H2,1-2H3,(H,39,42)(H,44,45)(H,38,40,41). The van der Waals surface area contributed by atoms with Gasteiger partial charge in [-0.1, -0.05) is 30.3 Å². The van der Waals surface area contributed by atoms with Crippen molar-refractivity contribution >= 4 is 34.5 Å². The van der Waals surface area contributed by atoms with Crippen LogP contribution in [-0.4, -0.2) is 43.3 Å². The van der Waals surface area contributed by atoms with E-state index >= 15 is 0 Å². The number of esters is 1. The molecule has 0 fully saturated rings. The lowest BCUT2D eigenvalue weighted by molar-refractivity contribution is -0.117. The zero-order valence-electron chi connectivity index (χ0n) is 26.7. The molecule has 1 aliphatic heterocycles. The maximum Gasteiger partial charge on any atom is 0.338 e. The van der Waals surface area contributed by atoms with Gasteiger partial charge in [0.15, 0.2) is 28.4 Å². The lowest BCUT2D eigenvalue weighted by atomic mass is 10.0. The summed E-state index contributed by atoms with van der Waals surface area (Å²) in [5.41, 5.74) is 2.10. The molecular formula is C36H29N5O8S. The Morgan fingerprint density at radius 2 is 1.72 bits per heavy atom. The molecule has 2 heterocycles. The number of ether oxygens (including phenoxy) is 4. The molecule has 1 aromatic heterocycles. The monoisotopic (exact) mass is 691 g/mol. The van der Waals surface area contributed by atoms with Crippen LogP contribution < -0.4 is 24.8 Å². The molecule has 13 nitrogen and oxygen atoms in total. The minimum absolute atomic E-state index is 0.0959. The van der Waals surface area contributed by atoms with E-state index < -0.39 is 29.0 Å². The predicted octanol–water partition coefficient (Wildman–Crippen LogP) is 6.77. The van der Waals surface area contributed by atoms with Crippen LogP contribution in [0.2, 0.25) is 0 Å². The SMILES string of the molecule is CCOC(=O)c1cc(C)cc(Oc2nc(Oc3cc(C#N)ccc3Oc3ccccc3)nc3c2NC(=O)C(Cc2ccc(S(=O)O)cc2)N3)c1.